The van der Waals surface area contributed by atoms with Gasteiger partial charge in [0.25, 0.3) is 11.8 Å². The molecular formula is C12H3Cl4NO6-2. The summed E-state index contributed by atoms with van der Waals surface area (Å²) in [5.41, 5.74) is -0.915. The molecule has 11 heteroatoms. The molecule has 1 aromatic rings. The standard InChI is InChI=1S/C12H5Cl4NO6/c13-6-4-5(7(14)9(16)8(6)15)11(21)17(10(4)20)2(12(22)23)1-3(18)19/h2H,1H2,(H,18,19)(H,22,23)/p-2/t2-/m0/s1. The summed E-state index contributed by atoms with van der Waals surface area (Å²) in [6.45, 7) is 0. The van der Waals surface area contributed by atoms with Crippen LogP contribution in [0.25, 0.3) is 0 Å². The summed E-state index contributed by atoms with van der Waals surface area (Å²) in [6.07, 6.45) is -1.16. The van der Waals surface area contributed by atoms with Crippen LogP contribution in [-0.4, -0.2) is 34.7 Å². The topological polar surface area (TPSA) is 118 Å². The van der Waals surface area contributed by atoms with Gasteiger partial charge in [-0.2, -0.15) is 0 Å². The van der Waals surface area contributed by atoms with E-state index in [0.29, 0.717) is 0 Å². The van der Waals surface area contributed by atoms with Crippen molar-refractivity contribution >= 4 is 70.2 Å². The molecule has 1 atom stereocenters. The SMILES string of the molecule is O=C([O-])C[C@@H](C(=O)[O-])N1C(=O)c2c(Cl)c(Cl)c(Cl)c(Cl)c2C1=O. The third-order valence-electron chi connectivity index (χ3n) is 3.08. The predicted molar refractivity (Wildman–Crippen MR) is 75.4 cm³/mol. The molecule has 0 radical (unpaired) electrons. The Bertz CT molecular complexity index is 731. The molecule has 122 valence electrons. The van der Waals surface area contributed by atoms with Gasteiger partial charge in [-0.25, -0.2) is 0 Å². The largest absolute Gasteiger partial charge is 0.550 e. The van der Waals surface area contributed by atoms with Crippen molar-refractivity contribution in [1.29, 1.82) is 0 Å². The van der Waals surface area contributed by atoms with E-state index in [2.05, 4.69) is 0 Å². The van der Waals surface area contributed by atoms with E-state index in [1.165, 1.54) is 0 Å². The Hall–Kier alpha value is -1.54. The normalized spacial score (nSPS) is 14.9. The number of hydrogen-bond donors (Lipinski definition) is 0. The van der Waals surface area contributed by atoms with Gasteiger partial charge in [-0.3, -0.25) is 14.5 Å². The molecule has 0 N–H and O–H groups in total. The smallest absolute Gasteiger partial charge is 0.263 e. The molecule has 1 heterocycles. The summed E-state index contributed by atoms with van der Waals surface area (Å²) in [6, 6.07) is -2.10. The Labute approximate surface area is 148 Å². The lowest BCUT2D eigenvalue weighted by atomic mass is 10.1. The van der Waals surface area contributed by atoms with Crippen LogP contribution < -0.4 is 10.2 Å². The molecule has 0 fully saturated rings. The highest BCUT2D eigenvalue weighted by Gasteiger charge is 2.45. The highest BCUT2D eigenvalue weighted by Crippen LogP contribution is 2.45. The van der Waals surface area contributed by atoms with E-state index >= 15 is 0 Å². The Morgan fingerprint density at radius 3 is 1.57 bits per heavy atom. The van der Waals surface area contributed by atoms with Crippen molar-refractivity contribution in [3.05, 3.63) is 31.2 Å². The molecule has 0 bridgehead atoms. The molecule has 0 unspecified atom stereocenters. The monoisotopic (exact) mass is 397 g/mol. The summed E-state index contributed by atoms with van der Waals surface area (Å²) in [5.74, 6) is -6.12. The number of rotatable bonds is 4. The van der Waals surface area contributed by atoms with Crippen molar-refractivity contribution in [3.63, 3.8) is 0 Å². The molecule has 7 nitrogen and oxygen atoms in total. The van der Waals surface area contributed by atoms with Gasteiger partial charge in [-0.05, 0) is 0 Å². The second kappa shape index (κ2) is 6.16. The minimum Gasteiger partial charge on any atom is -0.550 e. The maximum atomic E-state index is 12.3. The number of carbonyl (C=O) groups excluding carboxylic acids is 4. The molecule has 2 amide bonds. The number of aliphatic carboxylic acids is 2. The van der Waals surface area contributed by atoms with Crippen LogP contribution in [0.2, 0.25) is 20.1 Å². The molecule has 0 saturated heterocycles. The Morgan fingerprint density at radius 2 is 1.26 bits per heavy atom. The van der Waals surface area contributed by atoms with Gasteiger partial charge in [0.1, 0.15) is 0 Å². The van der Waals surface area contributed by atoms with Crippen molar-refractivity contribution in [3.8, 4) is 0 Å². The lowest BCUT2D eigenvalue weighted by Gasteiger charge is -2.27. The lowest BCUT2D eigenvalue weighted by molar-refractivity contribution is -0.319. The molecule has 1 aliphatic rings. The van der Waals surface area contributed by atoms with Gasteiger partial charge in [0, 0.05) is 12.4 Å². The fourth-order valence-electron chi connectivity index (χ4n) is 2.09. The molecule has 0 aliphatic carbocycles. The zero-order valence-electron chi connectivity index (χ0n) is 10.7. The van der Waals surface area contributed by atoms with Gasteiger partial charge < -0.3 is 19.8 Å². The van der Waals surface area contributed by atoms with E-state index in [-0.39, 0.29) is 14.9 Å². The zero-order chi connectivity index (χ0) is 17.6. The quantitative estimate of drug-likeness (QED) is 0.405. The van der Waals surface area contributed by atoms with E-state index in [1.54, 1.807) is 0 Å². The minimum absolute atomic E-state index is 0.167. The number of fused-ring (bicyclic) bond motifs is 1. The summed E-state index contributed by atoms with van der Waals surface area (Å²) in [4.78, 5) is 46.6. The average Bonchev–Trinajstić information content (AvgIpc) is 2.71. The molecule has 0 aromatic heterocycles. The van der Waals surface area contributed by atoms with E-state index in [4.69, 9.17) is 46.4 Å². The van der Waals surface area contributed by atoms with Crippen LogP contribution in [0, 0.1) is 0 Å². The first-order chi connectivity index (χ1) is 10.6. The van der Waals surface area contributed by atoms with E-state index < -0.39 is 57.4 Å². The van der Waals surface area contributed by atoms with Gasteiger partial charge in [-0.15, -0.1) is 0 Å². The fourth-order valence-corrected chi connectivity index (χ4v) is 3.10. The van der Waals surface area contributed by atoms with Gasteiger partial charge in [0.15, 0.2) is 0 Å². The summed E-state index contributed by atoms with van der Waals surface area (Å²) >= 11 is 23.3. The van der Waals surface area contributed by atoms with Crippen LogP contribution in [0.15, 0.2) is 0 Å². The number of carboxylic acids is 2. The van der Waals surface area contributed by atoms with Crippen molar-refractivity contribution in [2.24, 2.45) is 0 Å². The average molecular weight is 399 g/mol. The van der Waals surface area contributed by atoms with E-state index in [9.17, 15) is 29.4 Å². The number of carbonyl (C=O) groups is 4. The number of benzene rings is 1. The first kappa shape index (κ1) is 17.8. The number of carboxylic acid groups (broad SMARTS) is 2. The maximum absolute atomic E-state index is 12.3. The maximum Gasteiger partial charge on any atom is 0.263 e. The number of hydrogen-bond acceptors (Lipinski definition) is 6. The molecule has 1 aromatic carbocycles. The molecular weight excluding hydrogens is 396 g/mol. The zero-order valence-corrected chi connectivity index (χ0v) is 13.7. The van der Waals surface area contributed by atoms with Crippen LogP contribution in [0.5, 0.6) is 0 Å². The van der Waals surface area contributed by atoms with Gasteiger partial charge in [0.2, 0.25) is 0 Å². The third kappa shape index (κ3) is 2.74. The van der Waals surface area contributed by atoms with Crippen molar-refractivity contribution in [1.82, 2.24) is 4.90 Å². The van der Waals surface area contributed by atoms with Crippen LogP contribution in [0.1, 0.15) is 27.1 Å². The summed E-state index contributed by atoms with van der Waals surface area (Å²) < 4.78 is 0. The lowest BCUT2D eigenvalue weighted by Crippen LogP contribution is -2.52. The number of amides is 2. The van der Waals surface area contributed by atoms with Gasteiger partial charge >= 0.3 is 0 Å². The second-order valence-corrected chi connectivity index (χ2v) is 5.91. The molecule has 23 heavy (non-hydrogen) atoms. The van der Waals surface area contributed by atoms with Crippen LogP contribution in [0.3, 0.4) is 0 Å². The predicted octanol–water partition coefficient (Wildman–Crippen LogP) is 0.155. The molecule has 0 saturated carbocycles. The Morgan fingerprint density at radius 1 is 0.870 bits per heavy atom. The Balaban J connectivity index is 2.66. The number of halogens is 4. The molecule has 1 aliphatic heterocycles. The van der Waals surface area contributed by atoms with Crippen molar-refractivity contribution in [2.75, 3.05) is 0 Å². The third-order valence-corrected chi connectivity index (χ3v) is 4.88. The van der Waals surface area contributed by atoms with Crippen LogP contribution in [0.4, 0.5) is 0 Å². The van der Waals surface area contributed by atoms with Crippen LogP contribution >= 0.6 is 46.4 Å². The van der Waals surface area contributed by atoms with Crippen molar-refractivity contribution < 1.29 is 29.4 Å². The summed E-state index contributed by atoms with van der Waals surface area (Å²) in [5, 5.41) is 20.4. The van der Waals surface area contributed by atoms with Crippen LogP contribution in [-0.2, 0) is 9.59 Å². The number of imide groups is 1. The number of nitrogens with zero attached hydrogens (tertiary/aromatic N) is 1. The summed E-state index contributed by atoms with van der Waals surface area (Å²) in [7, 11) is 0. The Kier molecular flexibility index (Phi) is 4.77. The first-order valence-electron chi connectivity index (χ1n) is 5.74. The fraction of sp³-hybridized carbons (Fsp3) is 0.167. The van der Waals surface area contributed by atoms with Crippen molar-refractivity contribution in [2.45, 2.75) is 12.5 Å². The van der Waals surface area contributed by atoms with E-state index in [0.717, 1.165) is 0 Å². The van der Waals surface area contributed by atoms with Gasteiger partial charge in [0.05, 0.1) is 43.2 Å². The first-order valence-corrected chi connectivity index (χ1v) is 7.25. The highest BCUT2D eigenvalue weighted by atomic mass is 35.5. The molecule has 2 rings (SSSR count). The highest BCUT2D eigenvalue weighted by molar-refractivity contribution is 6.55. The van der Waals surface area contributed by atoms with E-state index in [1.807, 2.05) is 0 Å². The van der Waals surface area contributed by atoms with Gasteiger partial charge in [-0.1, -0.05) is 46.4 Å². The molecule has 0 spiro atoms. The minimum atomic E-state index is -2.10. The second-order valence-electron chi connectivity index (χ2n) is 4.40.